The first-order valence-electron chi connectivity index (χ1n) is 7.67. The number of hydrogen-bond donors (Lipinski definition) is 2. The van der Waals surface area contributed by atoms with Crippen LogP contribution in [0.4, 0.5) is 10.1 Å². The van der Waals surface area contributed by atoms with Crippen molar-refractivity contribution in [2.45, 2.75) is 39.3 Å². The van der Waals surface area contributed by atoms with Crippen molar-refractivity contribution in [2.75, 3.05) is 24.5 Å². The first-order valence-corrected chi connectivity index (χ1v) is 7.67. The number of nitrogens with one attached hydrogen (secondary N) is 2. The largest absolute Gasteiger partial charge is 0.360 e. The molecule has 1 amide bonds. The molecular weight excluding hydrogens is 269 g/mol. The second-order valence-electron chi connectivity index (χ2n) is 5.41. The summed E-state index contributed by atoms with van der Waals surface area (Å²) in [7, 11) is 0. The second-order valence-corrected chi connectivity index (χ2v) is 5.41. The van der Waals surface area contributed by atoms with Gasteiger partial charge in [-0.15, -0.1) is 0 Å². The number of anilines is 1. The van der Waals surface area contributed by atoms with Crippen molar-refractivity contribution in [2.24, 2.45) is 0 Å². The first kappa shape index (κ1) is 15.8. The molecule has 1 aromatic rings. The van der Waals surface area contributed by atoms with Crippen molar-refractivity contribution in [1.82, 2.24) is 10.6 Å². The maximum absolute atomic E-state index is 14.3. The summed E-state index contributed by atoms with van der Waals surface area (Å²) in [5.41, 5.74) is 1.43. The molecule has 0 heterocycles. The van der Waals surface area contributed by atoms with E-state index in [-0.39, 0.29) is 18.3 Å². The van der Waals surface area contributed by atoms with Crippen LogP contribution in [0.1, 0.15) is 32.3 Å². The molecule has 2 N–H and O–H groups in total. The van der Waals surface area contributed by atoms with E-state index in [1.807, 2.05) is 19.9 Å². The average Bonchev–Trinajstić information content (AvgIpc) is 3.27. The first-order chi connectivity index (χ1) is 10.1. The lowest BCUT2D eigenvalue weighted by Gasteiger charge is -2.23. The van der Waals surface area contributed by atoms with Crippen LogP contribution in [0.25, 0.3) is 0 Å². The van der Waals surface area contributed by atoms with Gasteiger partial charge in [-0.2, -0.15) is 0 Å². The Balaban J connectivity index is 2.00. The molecule has 21 heavy (non-hydrogen) atoms. The molecule has 0 bridgehead atoms. The van der Waals surface area contributed by atoms with E-state index >= 15 is 0 Å². The zero-order chi connectivity index (χ0) is 15.2. The number of nitrogens with zero attached hydrogens (tertiary/aromatic N) is 1. The summed E-state index contributed by atoms with van der Waals surface area (Å²) in [6.45, 7) is 5.85. The van der Waals surface area contributed by atoms with Crippen LogP contribution in [0.3, 0.4) is 0 Å². The molecule has 1 aliphatic rings. The summed E-state index contributed by atoms with van der Waals surface area (Å²) in [5.74, 6) is -0.352. The smallest absolute Gasteiger partial charge is 0.239 e. The predicted molar refractivity (Wildman–Crippen MR) is 82.8 cm³/mol. The van der Waals surface area contributed by atoms with E-state index in [1.165, 1.54) is 12.8 Å². The van der Waals surface area contributed by atoms with Gasteiger partial charge in [0.1, 0.15) is 5.82 Å². The van der Waals surface area contributed by atoms with Crippen LogP contribution in [0.2, 0.25) is 0 Å². The normalized spacial score (nSPS) is 14.0. The van der Waals surface area contributed by atoms with E-state index in [1.54, 1.807) is 17.0 Å². The molecule has 1 aromatic carbocycles. The van der Waals surface area contributed by atoms with Gasteiger partial charge in [0.25, 0.3) is 0 Å². The lowest BCUT2D eigenvalue weighted by atomic mass is 10.1. The van der Waals surface area contributed by atoms with Gasteiger partial charge in [0, 0.05) is 25.7 Å². The highest BCUT2D eigenvalue weighted by molar-refractivity contribution is 5.81. The zero-order valence-electron chi connectivity index (χ0n) is 12.8. The van der Waals surface area contributed by atoms with Crippen LogP contribution in [0.15, 0.2) is 18.2 Å². The number of hydrogen-bond acceptors (Lipinski definition) is 3. The highest BCUT2D eigenvalue weighted by atomic mass is 19.1. The highest BCUT2D eigenvalue weighted by Gasteiger charge is 2.20. The molecule has 1 saturated carbocycles. The van der Waals surface area contributed by atoms with Crippen molar-refractivity contribution in [3.8, 4) is 0 Å². The van der Waals surface area contributed by atoms with Gasteiger partial charge in [-0.25, -0.2) is 4.39 Å². The monoisotopic (exact) mass is 293 g/mol. The molecule has 4 nitrogen and oxygen atoms in total. The number of likely N-dealkylation sites (N-methyl/N-ethyl adjacent to an activating group) is 2. The molecule has 5 heteroatoms. The fourth-order valence-electron chi connectivity index (χ4n) is 2.26. The quantitative estimate of drug-likeness (QED) is 0.771. The van der Waals surface area contributed by atoms with Gasteiger partial charge in [0.05, 0.1) is 12.2 Å². The number of amides is 1. The van der Waals surface area contributed by atoms with Gasteiger partial charge in [-0.1, -0.05) is 6.07 Å². The Bertz CT molecular complexity index is 488. The molecule has 0 aliphatic heterocycles. The molecule has 2 rings (SSSR count). The minimum atomic E-state index is -0.267. The van der Waals surface area contributed by atoms with Crippen LogP contribution >= 0.6 is 0 Å². The van der Waals surface area contributed by atoms with Crippen LogP contribution in [-0.4, -0.2) is 31.6 Å². The topological polar surface area (TPSA) is 44.4 Å². The van der Waals surface area contributed by atoms with Gasteiger partial charge in [-0.3, -0.25) is 4.79 Å². The highest BCUT2D eigenvalue weighted by Crippen LogP contribution is 2.22. The van der Waals surface area contributed by atoms with Crippen LogP contribution in [0.5, 0.6) is 0 Å². The lowest BCUT2D eigenvalue weighted by molar-refractivity contribution is -0.119. The molecule has 1 aliphatic carbocycles. The van der Waals surface area contributed by atoms with Crippen LogP contribution in [0, 0.1) is 5.82 Å². The van der Waals surface area contributed by atoms with Crippen molar-refractivity contribution in [3.63, 3.8) is 0 Å². The van der Waals surface area contributed by atoms with Gasteiger partial charge in [-0.05, 0) is 44.4 Å². The van der Waals surface area contributed by atoms with Gasteiger partial charge < -0.3 is 15.5 Å². The minimum absolute atomic E-state index is 0.0850. The van der Waals surface area contributed by atoms with E-state index in [2.05, 4.69) is 10.6 Å². The molecule has 0 aromatic heterocycles. The molecule has 0 atom stereocenters. The van der Waals surface area contributed by atoms with Gasteiger partial charge >= 0.3 is 0 Å². The number of benzene rings is 1. The van der Waals surface area contributed by atoms with E-state index in [0.29, 0.717) is 31.4 Å². The maximum Gasteiger partial charge on any atom is 0.239 e. The van der Waals surface area contributed by atoms with Crippen molar-refractivity contribution < 1.29 is 9.18 Å². The summed E-state index contributed by atoms with van der Waals surface area (Å²) < 4.78 is 14.3. The van der Waals surface area contributed by atoms with Crippen LogP contribution in [-0.2, 0) is 11.3 Å². The number of carbonyl (C=O) groups is 1. The Morgan fingerprint density at radius 3 is 2.71 bits per heavy atom. The van der Waals surface area contributed by atoms with Gasteiger partial charge in [0.15, 0.2) is 0 Å². The van der Waals surface area contributed by atoms with Crippen molar-refractivity contribution in [1.29, 1.82) is 0 Å². The Kier molecular flexibility index (Phi) is 5.56. The molecule has 116 valence electrons. The van der Waals surface area contributed by atoms with E-state index in [0.717, 1.165) is 5.56 Å². The number of rotatable bonds is 8. The number of halogens is 1. The Labute approximate surface area is 125 Å². The third kappa shape index (κ3) is 4.70. The Morgan fingerprint density at radius 2 is 2.14 bits per heavy atom. The fraction of sp³-hybridized carbons (Fsp3) is 0.562. The summed E-state index contributed by atoms with van der Waals surface area (Å²) in [5, 5.41) is 6.10. The Morgan fingerprint density at radius 1 is 1.38 bits per heavy atom. The SMILES string of the molecule is CCNC(=O)CN(CC)c1ccc(CNC2CC2)cc1F. The molecule has 1 fully saturated rings. The third-order valence-corrected chi connectivity index (χ3v) is 3.62. The number of carbonyl (C=O) groups excluding carboxylic acids is 1. The second kappa shape index (κ2) is 7.41. The summed E-state index contributed by atoms with van der Waals surface area (Å²) >= 11 is 0. The molecule has 0 spiro atoms. The van der Waals surface area contributed by atoms with E-state index < -0.39 is 0 Å². The average molecular weight is 293 g/mol. The predicted octanol–water partition coefficient (Wildman–Crippen LogP) is 2.04. The zero-order valence-corrected chi connectivity index (χ0v) is 12.8. The maximum atomic E-state index is 14.3. The van der Waals surface area contributed by atoms with Crippen molar-refractivity contribution in [3.05, 3.63) is 29.6 Å². The molecular formula is C16H24FN3O. The molecule has 0 unspecified atom stereocenters. The molecule has 0 saturated heterocycles. The van der Waals surface area contributed by atoms with Crippen LogP contribution < -0.4 is 15.5 Å². The summed E-state index contributed by atoms with van der Waals surface area (Å²) in [6, 6.07) is 5.86. The third-order valence-electron chi connectivity index (χ3n) is 3.62. The summed E-state index contributed by atoms with van der Waals surface area (Å²) in [4.78, 5) is 13.4. The fourth-order valence-corrected chi connectivity index (χ4v) is 2.26. The molecule has 0 radical (unpaired) electrons. The van der Waals surface area contributed by atoms with E-state index in [4.69, 9.17) is 0 Å². The van der Waals surface area contributed by atoms with Crippen molar-refractivity contribution >= 4 is 11.6 Å². The lowest BCUT2D eigenvalue weighted by Crippen LogP contribution is -2.37. The van der Waals surface area contributed by atoms with Gasteiger partial charge in [0.2, 0.25) is 5.91 Å². The standard InChI is InChI=1S/C16H24FN3O/c1-3-18-16(21)11-20(4-2)15-8-5-12(9-14(15)17)10-19-13-6-7-13/h5,8-9,13,19H,3-4,6-7,10-11H2,1-2H3,(H,18,21). The van der Waals surface area contributed by atoms with E-state index in [9.17, 15) is 9.18 Å². The Hall–Kier alpha value is -1.62. The minimum Gasteiger partial charge on any atom is -0.360 e. The summed E-state index contributed by atoms with van der Waals surface area (Å²) in [6.07, 6.45) is 2.44.